The molecule has 0 aliphatic carbocycles. The fourth-order valence-corrected chi connectivity index (χ4v) is 2.67. The van der Waals surface area contributed by atoms with Crippen molar-refractivity contribution in [1.82, 2.24) is 16.0 Å². The Morgan fingerprint density at radius 1 is 1.59 bits per heavy atom. The number of carbonyl (C=O) groups is 2. The molecule has 0 aromatic heterocycles. The molecular formula is C11H17N3O2S. The van der Waals surface area contributed by atoms with Gasteiger partial charge in [0.05, 0.1) is 0 Å². The maximum atomic E-state index is 11.7. The molecule has 5 nitrogen and oxygen atoms in total. The van der Waals surface area contributed by atoms with E-state index in [0.717, 1.165) is 37.7 Å². The molecule has 2 rings (SSSR count). The minimum atomic E-state index is -0.352. The van der Waals surface area contributed by atoms with Crippen molar-refractivity contribution in [2.75, 3.05) is 25.4 Å². The van der Waals surface area contributed by atoms with Crippen molar-refractivity contribution in [3.63, 3.8) is 0 Å². The van der Waals surface area contributed by atoms with Crippen molar-refractivity contribution >= 4 is 22.9 Å². The maximum absolute atomic E-state index is 11.7. The zero-order valence-corrected chi connectivity index (χ0v) is 10.4. The van der Waals surface area contributed by atoms with Gasteiger partial charge in [0.1, 0.15) is 6.04 Å². The van der Waals surface area contributed by atoms with Crippen LogP contribution in [0.5, 0.6) is 0 Å². The van der Waals surface area contributed by atoms with Crippen molar-refractivity contribution in [2.24, 2.45) is 0 Å². The molecule has 2 aliphatic heterocycles. The molecule has 2 amide bonds. The van der Waals surface area contributed by atoms with Gasteiger partial charge in [-0.3, -0.25) is 9.59 Å². The van der Waals surface area contributed by atoms with Crippen LogP contribution in [0.4, 0.5) is 4.79 Å². The van der Waals surface area contributed by atoms with Crippen LogP contribution in [-0.2, 0) is 4.79 Å². The highest BCUT2D eigenvalue weighted by Gasteiger charge is 2.27. The number of rotatable bonds is 4. The summed E-state index contributed by atoms with van der Waals surface area (Å²) in [6, 6.07) is -0.352. The first-order valence-corrected chi connectivity index (χ1v) is 6.84. The fraction of sp³-hybridized carbons (Fsp3) is 0.636. The molecule has 6 heteroatoms. The number of amides is 2. The zero-order valence-electron chi connectivity index (χ0n) is 9.62. The molecule has 0 spiro atoms. The van der Waals surface area contributed by atoms with Gasteiger partial charge in [0, 0.05) is 18.8 Å². The van der Waals surface area contributed by atoms with E-state index in [-0.39, 0.29) is 17.2 Å². The highest BCUT2D eigenvalue weighted by Crippen LogP contribution is 2.13. The third kappa shape index (κ3) is 3.74. The third-order valence-electron chi connectivity index (χ3n) is 2.89. The van der Waals surface area contributed by atoms with Gasteiger partial charge in [0.2, 0.25) is 5.91 Å². The largest absolute Gasteiger partial charge is 0.354 e. The van der Waals surface area contributed by atoms with Gasteiger partial charge in [0.25, 0.3) is 5.24 Å². The first-order chi connectivity index (χ1) is 8.25. The summed E-state index contributed by atoms with van der Waals surface area (Å²) in [5.74, 6) is 0.468. The van der Waals surface area contributed by atoms with Gasteiger partial charge >= 0.3 is 0 Å². The summed E-state index contributed by atoms with van der Waals surface area (Å²) in [4.78, 5) is 22.6. The lowest BCUT2D eigenvalue weighted by Gasteiger charge is -2.15. The topological polar surface area (TPSA) is 70.2 Å². The van der Waals surface area contributed by atoms with Crippen molar-refractivity contribution in [3.8, 4) is 0 Å². The Bertz CT molecular complexity index is 344. The second-order valence-electron chi connectivity index (χ2n) is 4.15. The molecule has 2 heterocycles. The molecule has 0 aromatic carbocycles. The molecule has 0 saturated carbocycles. The van der Waals surface area contributed by atoms with E-state index in [2.05, 4.69) is 22.0 Å². The minimum absolute atomic E-state index is 0.0714. The number of hydrogen-bond donors (Lipinski definition) is 3. The Labute approximate surface area is 105 Å². The van der Waals surface area contributed by atoms with Crippen LogP contribution in [0, 0.1) is 0 Å². The van der Waals surface area contributed by atoms with Gasteiger partial charge in [-0.25, -0.2) is 0 Å². The predicted octanol–water partition coefficient (Wildman–Crippen LogP) is 0.237. The van der Waals surface area contributed by atoms with Gasteiger partial charge in [-0.15, -0.1) is 0 Å². The first kappa shape index (κ1) is 12.4. The lowest BCUT2D eigenvalue weighted by Crippen LogP contribution is -2.43. The van der Waals surface area contributed by atoms with Gasteiger partial charge < -0.3 is 16.0 Å². The second kappa shape index (κ2) is 6.07. The average Bonchev–Trinajstić information content (AvgIpc) is 2.77. The average molecular weight is 255 g/mol. The number of carbonyl (C=O) groups excluding carboxylic acids is 2. The number of thioether (sulfide) groups is 1. The molecule has 94 valence electrons. The summed E-state index contributed by atoms with van der Waals surface area (Å²) in [5.41, 5.74) is 1.40. The molecule has 2 aliphatic rings. The van der Waals surface area contributed by atoms with Crippen LogP contribution in [0.25, 0.3) is 0 Å². The predicted molar refractivity (Wildman–Crippen MR) is 68.0 cm³/mol. The van der Waals surface area contributed by atoms with Crippen LogP contribution < -0.4 is 16.0 Å². The van der Waals surface area contributed by atoms with E-state index in [1.54, 1.807) is 0 Å². The van der Waals surface area contributed by atoms with E-state index in [9.17, 15) is 9.59 Å². The third-order valence-corrected chi connectivity index (χ3v) is 3.77. The van der Waals surface area contributed by atoms with E-state index >= 15 is 0 Å². The van der Waals surface area contributed by atoms with Gasteiger partial charge in [-0.1, -0.05) is 23.4 Å². The van der Waals surface area contributed by atoms with Gasteiger partial charge in [-0.05, 0) is 19.4 Å². The van der Waals surface area contributed by atoms with E-state index in [0.29, 0.717) is 12.3 Å². The van der Waals surface area contributed by atoms with Crippen LogP contribution in [0.3, 0.4) is 0 Å². The molecule has 0 aromatic rings. The fourth-order valence-electron chi connectivity index (χ4n) is 1.89. The normalized spacial score (nSPS) is 24.1. The molecule has 1 fully saturated rings. The number of hydrogen-bond acceptors (Lipinski definition) is 4. The monoisotopic (exact) mass is 255 g/mol. The molecule has 1 atom stereocenters. The smallest absolute Gasteiger partial charge is 0.279 e. The van der Waals surface area contributed by atoms with E-state index < -0.39 is 0 Å². The van der Waals surface area contributed by atoms with E-state index in [1.165, 1.54) is 5.57 Å². The Kier molecular flexibility index (Phi) is 4.44. The standard InChI is InChI=1S/C11H17N3O2S/c15-10(9-7-17-11(16)14-9)13-6-3-8-1-4-12-5-2-8/h1,9,12H,2-7H2,(H,13,15)(H,14,16). The Hall–Kier alpha value is -1.01. The van der Waals surface area contributed by atoms with Crippen molar-refractivity contribution in [3.05, 3.63) is 11.6 Å². The molecule has 0 radical (unpaired) electrons. The summed E-state index contributed by atoms with van der Waals surface area (Å²) >= 11 is 1.16. The molecule has 17 heavy (non-hydrogen) atoms. The lowest BCUT2D eigenvalue weighted by atomic mass is 10.1. The van der Waals surface area contributed by atoms with E-state index in [1.807, 2.05) is 0 Å². The van der Waals surface area contributed by atoms with Crippen LogP contribution in [-0.4, -0.2) is 42.6 Å². The van der Waals surface area contributed by atoms with Crippen LogP contribution in [0.1, 0.15) is 12.8 Å². The van der Waals surface area contributed by atoms with Crippen LogP contribution in [0.15, 0.2) is 11.6 Å². The van der Waals surface area contributed by atoms with Crippen LogP contribution in [0.2, 0.25) is 0 Å². The Morgan fingerprint density at radius 3 is 3.12 bits per heavy atom. The zero-order chi connectivity index (χ0) is 12.1. The van der Waals surface area contributed by atoms with Crippen LogP contribution >= 0.6 is 11.8 Å². The van der Waals surface area contributed by atoms with Gasteiger partial charge in [-0.2, -0.15) is 0 Å². The second-order valence-corrected chi connectivity index (χ2v) is 5.15. The minimum Gasteiger partial charge on any atom is -0.354 e. The summed E-state index contributed by atoms with van der Waals surface area (Å²) in [5, 5.41) is 8.64. The summed E-state index contributed by atoms with van der Waals surface area (Å²) < 4.78 is 0. The quantitative estimate of drug-likeness (QED) is 0.629. The summed E-state index contributed by atoms with van der Waals surface area (Å²) in [6.07, 6.45) is 4.15. The van der Waals surface area contributed by atoms with Crippen molar-refractivity contribution in [2.45, 2.75) is 18.9 Å². The van der Waals surface area contributed by atoms with Crippen molar-refractivity contribution < 1.29 is 9.59 Å². The molecule has 1 saturated heterocycles. The summed E-state index contributed by atoms with van der Waals surface area (Å²) in [6.45, 7) is 2.61. The first-order valence-electron chi connectivity index (χ1n) is 5.85. The molecule has 3 N–H and O–H groups in total. The van der Waals surface area contributed by atoms with E-state index in [4.69, 9.17) is 0 Å². The number of nitrogens with one attached hydrogen (secondary N) is 3. The highest BCUT2D eigenvalue weighted by molar-refractivity contribution is 8.14. The maximum Gasteiger partial charge on any atom is 0.279 e. The SMILES string of the molecule is O=C1NC(C(=O)NCCC2=CCNCC2)CS1. The Morgan fingerprint density at radius 2 is 2.47 bits per heavy atom. The van der Waals surface area contributed by atoms with Gasteiger partial charge in [0.15, 0.2) is 0 Å². The highest BCUT2D eigenvalue weighted by atomic mass is 32.2. The van der Waals surface area contributed by atoms with Crippen molar-refractivity contribution in [1.29, 1.82) is 0 Å². The molecule has 0 bridgehead atoms. The summed E-state index contributed by atoms with van der Waals surface area (Å²) in [7, 11) is 0. The molecule has 1 unspecified atom stereocenters. The molecular weight excluding hydrogens is 238 g/mol. The lowest BCUT2D eigenvalue weighted by molar-refractivity contribution is -0.122. The Balaban J connectivity index is 1.66.